The molecule has 0 bridgehead atoms. The van der Waals surface area contributed by atoms with Crippen LogP contribution in [0.4, 0.5) is 0 Å². The molecule has 13 heavy (non-hydrogen) atoms. The topological polar surface area (TPSA) is 43.4 Å². The molecule has 0 aliphatic carbocycles. The monoisotopic (exact) mass is 202 g/mol. The first-order valence-corrected chi connectivity index (χ1v) is 5.26. The van der Waals surface area contributed by atoms with Crippen molar-refractivity contribution in [3.05, 3.63) is 0 Å². The third-order valence-corrected chi connectivity index (χ3v) is 3.54. The highest BCUT2D eigenvalue weighted by Crippen LogP contribution is 2.33. The minimum atomic E-state index is -0.550. The third-order valence-electron chi connectivity index (χ3n) is 2.21. The number of carbonyl (C=O) groups is 2. The molecule has 1 saturated heterocycles. The maximum atomic E-state index is 11.5. The van der Waals surface area contributed by atoms with Crippen molar-refractivity contribution in [3.63, 3.8) is 0 Å². The lowest BCUT2D eigenvalue weighted by molar-refractivity contribution is -0.149. The lowest BCUT2D eigenvalue weighted by atomic mass is 9.96. The number of hydrogen-bond acceptors (Lipinski definition) is 4. The van der Waals surface area contributed by atoms with E-state index in [1.54, 1.807) is 11.8 Å². The SMILES string of the molecule is COC(=O)[C@@H]1C(=O)C[C@@H](C)S[C@H]1C. The van der Waals surface area contributed by atoms with E-state index < -0.39 is 11.9 Å². The smallest absolute Gasteiger partial charge is 0.317 e. The molecule has 1 rings (SSSR count). The molecule has 0 aromatic carbocycles. The van der Waals surface area contributed by atoms with Crippen molar-refractivity contribution >= 4 is 23.5 Å². The molecule has 0 unspecified atom stereocenters. The Morgan fingerprint density at radius 3 is 2.62 bits per heavy atom. The highest BCUT2D eigenvalue weighted by molar-refractivity contribution is 8.00. The molecular weight excluding hydrogens is 188 g/mol. The molecule has 0 N–H and O–H groups in total. The first-order chi connectivity index (χ1) is 6.06. The molecule has 0 radical (unpaired) electrons. The normalized spacial score (nSPS) is 34.4. The second-order valence-corrected chi connectivity index (χ2v) is 5.14. The second kappa shape index (κ2) is 4.13. The average molecular weight is 202 g/mol. The van der Waals surface area contributed by atoms with Crippen molar-refractivity contribution in [2.24, 2.45) is 5.92 Å². The van der Waals surface area contributed by atoms with Crippen LogP contribution in [0.3, 0.4) is 0 Å². The molecule has 1 aliphatic rings. The van der Waals surface area contributed by atoms with Crippen molar-refractivity contribution in [2.45, 2.75) is 30.8 Å². The first kappa shape index (κ1) is 10.6. The van der Waals surface area contributed by atoms with E-state index in [0.717, 1.165) is 0 Å². The van der Waals surface area contributed by atoms with Crippen LogP contribution in [0.5, 0.6) is 0 Å². The van der Waals surface area contributed by atoms with Gasteiger partial charge in [0.05, 0.1) is 7.11 Å². The summed E-state index contributed by atoms with van der Waals surface area (Å²) in [6.45, 7) is 3.91. The minimum absolute atomic E-state index is 0.0191. The summed E-state index contributed by atoms with van der Waals surface area (Å²) in [5, 5.41) is 0.368. The molecule has 1 aliphatic heterocycles. The Kier molecular flexibility index (Phi) is 3.36. The van der Waals surface area contributed by atoms with Gasteiger partial charge in [-0.05, 0) is 0 Å². The largest absolute Gasteiger partial charge is 0.468 e. The lowest BCUT2D eigenvalue weighted by Gasteiger charge is -2.28. The molecule has 74 valence electrons. The Balaban J connectivity index is 2.72. The lowest BCUT2D eigenvalue weighted by Crippen LogP contribution is -2.38. The highest BCUT2D eigenvalue weighted by atomic mass is 32.2. The van der Waals surface area contributed by atoms with Gasteiger partial charge in [-0.15, -0.1) is 0 Å². The summed E-state index contributed by atoms with van der Waals surface area (Å²) in [4.78, 5) is 22.7. The Morgan fingerprint density at radius 2 is 2.15 bits per heavy atom. The van der Waals surface area contributed by atoms with E-state index in [1.807, 2.05) is 13.8 Å². The van der Waals surface area contributed by atoms with E-state index in [2.05, 4.69) is 4.74 Å². The quantitative estimate of drug-likeness (QED) is 0.474. The van der Waals surface area contributed by atoms with Gasteiger partial charge in [-0.1, -0.05) is 13.8 Å². The van der Waals surface area contributed by atoms with Crippen molar-refractivity contribution in [3.8, 4) is 0 Å². The van der Waals surface area contributed by atoms with E-state index in [1.165, 1.54) is 7.11 Å². The number of thioether (sulfide) groups is 1. The fourth-order valence-electron chi connectivity index (χ4n) is 1.62. The zero-order valence-corrected chi connectivity index (χ0v) is 8.89. The summed E-state index contributed by atoms with van der Waals surface area (Å²) >= 11 is 1.68. The number of Topliss-reactive ketones (excluding diaryl/α,β-unsaturated/α-hetero) is 1. The standard InChI is InChI=1S/C9H14O3S/c1-5-4-7(10)8(6(2)13-5)9(11)12-3/h5-6,8H,4H2,1-3H3/t5-,6+,8+/m1/s1. The number of esters is 1. The van der Waals surface area contributed by atoms with Crippen LogP contribution >= 0.6 is 11.8 Å². The average Bonchev–Trinajstić information content (AvgIpc) is 2.02. The van der Waals surface area contributed by atoms with E-state index >= 15 is 0 Å². The first-order valence-electron chi connectivity index (χ1n) is 4.32. The number of carbonyl (C=O) groups excluding carboxylic acids is 2. The number of methoxy groups -OCH3 is 1. The van der Waals surface area contributed by atoms with Crippen LogP contribution in [0.2, 0.25) is 0 Å². The summed E-state index contributed by atoms with van der Waals surface area (Å²) in [5.41, 5.74) is 0. The van der Waals surface area contributed by atoms with E-state index in [4.69, 9.17) is 0 Å². The van der Waals surface area contributed by atoms with Crippen LogP contribution in [-0.4, -0.2) is 29.4 Å². The van der Waals surface area contributed by atoms with Gasteiger partial charge >= 0.3 is 5.97 Å². The number of ether oxygens (including phenoxy) is 1. The molecule has 3 atom stereocenters. The minimum Gasteiger partial charge on any atom is -0.468 e. The summed E-state index contributed by atoms with van der Waals surface area (Å²) in [7, 11) is 1.32. The van der Waals surface area contributed by atoms with Crippen molar-refractivity contribution in [1.82, 2.24) is 0 Å². The molecule has 0 amide bonds. The molecular formula is C9H14O3S. The highest BCUT2D eigenvalue weighted by Gasteiger charge is 2.38. The van der Waals surface area contributed by atoms with Crippen LogP contribution < -0.4 is 0 Å². The van der Waals surface area contributed by atoms with Crippen LogP contribution in [-0.2, 0) is 14.3 Å². The number of hydrogen-bond donors (Lipinski definition) is 0. The van der Waals surface area contributed by atoms with Crippen LogP contribution in [0.1, 0.15) is 20.3 Å². The van der Waals surface area contributed by atoms with E-state index in [9.17, 15) is 9.59 Å². The predicted molar refractivity (Wildman–Crippen MR) is 51.6 cm³/mol. The fourth-order valence-corrected chi connectivity index (χ4v) is 3.03. The van der Waals surface area contributed by atoms with Gasteiger partial charge in [-0.3, -0.25) is 9.59 Å². The van der Waals surface area contributed by atoms with Gasteiger partial charge in [0.2, 0.25) is 0 Å². The van der Waals surface area contributed by atoms with Crippen molar-refractivity contribution in [2.75, 3.05) is 7.11 Å². The third kappa shape index (κ3) is 2.24. The van der Waals surface area contributed by atoms with Crippen LogP contribution in [0.25, 0.3) is 0 Å². The molecule has 0 aromatic heterocycles. The Morgan fingerprint density at radius 1 is 1.54 bits per heavy atom. The van der Waals surface area contributed by atoms with Gasteiger partial charge in [0.1, 0.15) is 11.7 Å². The zero-order valence-electron chi connectivity index (χ0n) is 8.07. The maximum absolute atomic E-state index is 11.5. The molecule has 3 nitrogen and oxygen atoms in total. The summed E-state index contributed by atoms with van der Waals surface area (Å²) < 4.78 is 4.59. The molecule has 0 saturated carbocycles. The predicted octanol–water partition coefficient (Wildman–Crippen LogP) is 1.26. The van der Waals surface area contributed by atoms with Gasteiger partial charge < -0.3 is 4.74 Å². The Bertz CT molecular complexity index is 227. The van der Waals surface area contributed by atoms with Gasteiger partial charge in [0, 0.05) is 16.9 Å². The molecule has 1 fully saturated rings. The molecule has 4 heteroatoms. The fraction of sp³-hybridized carbons (Fsp3) is 0.778. The summed E-state index contributed by atoms with van der Waals surface area (Å²) in [5.74, 6) is -0.922. The number of ketones is 1. The Hall–Kier alpha value is -0.510. The van der Waals surface area contributed by atoms with Crippen LogP contribution in [0, 0.1) is 5.92 Å². The Labute approximate surface area is 82.2 Å². The molecule has 0 spiro atoms. The summed E-state index contributed by atoms with van der Waals surface area (Å²) in [6.07, 6.45) is 0.481. The van der Waals surface area contributed by atoms with Gasteiger partial charge in [-0.25, -0.2) is 0 Å². The maximum Gasteiger partial charge on any atom is 0.317 e. The van der Waals surface area contributed by atoms with Crippen molar-refractivity contribution < 1.29 is 14.3 Å². The molecule has 0 aromatic rings. The van der Waals surface area contributed by atoms with E-state index in [-0.39, 0.29) is 11.0 Å². The summed E-state index contributed by atoms with van der Waals surface area (Å²) in [6, 6.07) is 0. The second-order valence-electron chi connectivity index (χ2n) is 3.32. The van der Waals surface area contributed by atoms with E-state index in [0.29, 0.717) is 11.7 Å². The van der Waals surface area contributed by atoms with Gasteiger partial charge in [0.15, 0.2) is 0 Å². The zero-order chi connectivity index (χ0) is 10.0. The van der Waals surface area contributed by atoms with Gasteiger partial charge in [-0.2, -0.15) is 11.8 Å². The van der Waals surface area contributed by atoms with Crippen molar-refractivity contribution in [1.29, 1.82) is 0 Å². The van der Waals surface area contributed by atoms with Crippen LogP contribution in [0.15, 0.2) is 0 Å². The van der Waals surface area contributed by atoms with Gasteiger partial charge in [0.25, 0.3) is 0 Å². The number of rotatable bonds is 1. The molecule has 1 heterocycles.